The van der Waals surface area contributed by atoms with Gasteiger partial charge >= 0.3 is 0 Å². The second-order valence-electron chi connectivity index (χ2n) is 4.33. The molecule has 5 nitrogen and oxygen atoms in total. The van der Waals surface area contributed by atoms with E-state index in [2.05, 4.69) is 27.8 Å². The zero-order chi connectivity index (χ0) is 13.0. The van der Waals surface area contributed by atoms with E-state index < -0.39 is 6.29 Å². The highest BCUT2D eigenvalue weighted by atomic mass is 79.9. The molecule has 1 N–H and O–H groups in total. The van der Waals surface area contributed by atoms with Crippen LogP contribution in [-0.4, -0.2) is 29.1 Å². The van der Waals surface area contributed by atoms with Crippen molar-refractivity contribution in [1.29, 1.82) is 0 Å². The van der Waals surface area contributed by atoms with Gasteiger partial charge in [0.1, 0.15) is 11.8 Å². The van der Waals surface area contributed by atoms with E-state index in [4.69, 9.17) is 13.9 Å². The topological polar surface area (TPSA) is 64.7 Å². The SMILES string of the molecule is CCCc1nc(COC2CCCOC2O)c(Br)o1. The summed E-state index contributed by atoms with van der Waals surface area (Å²) in [5, 5.41) is 9.60. The van der Waals surface area contributed by atoms with E-state index in [0.717, 1.165) is 31.4 Å². The van der Waals surface area contributed by atoms with Crippen molar-refractivity contribution in [2.45, 2.75) is 51.6 Å². The molecule has 1 aromatic heterocycles. The zero-order valence-electron chi connectivity index (χ0n) is 10.4. The van der Waals surface area contributed by atoms with Gasteiger partial charge in [0, 0.05) is 13.0 Å². The molecule has 0 amide bonds. The van der Waals surface area contributed by atoms with Gasteiger partial charge in [0.2, 0.25) is 0 Å². The molecule has 2 atom stereocenters. The van der Waals surface area contributed by atoms with Crippen LogP contribution >= 0.6 is 15.9 Å². The molecule has 0 aliphatic carbocycles. The monoisotopic (exact) mass is 319 g/mol. The maximum absolute atomic E-state index is 9.60. The third-order valence-electron chi connectivity index (χ3n) is 2.83. The van der Waals surface area contributed by atoms with Crippen LogP contribution < -0.4 is 0 Å². The van der Waals surface area contributed by atoms with Gasteiger partial charge in [0.25, 0.3) is 0 Å². The Morgan fingerprint density at radius 3 is 3.11 bits per heavy atom. The Morgan fingerprint density at radius 1 is 1.56 bits per heavy atom. The van der Waals surface area contributed by atoms with Crippen molar-refractivity contribution in [2.24, 2.45) is 0 Å². The third kappa shape index (κ3) is 3.54. The molecule has 0 spiro atoms. The fourth-order valence-corrected chi connectivity index (χ4v) is 2.27. The lowest BCUT2D eigenvalue weighted by Gasteiger charge is -2.27. The third-order valence-corrected chi connectivity index (χ3v) is 3.45. The fourth-order valence-electron chi connectivity index (χ4n) is 1.88. The molecule has 1 fully saturated rings. The van der Waals surface area contributed by atoms with Crippen LogP contribution in [0.5, 0.6) is 0 Å². The number of aromatic nitrogens is 1. The van der Waals surface area contributed by atoms with Crippen LogP contribution in [0.15, 0.2) is 9.09 Å². The van der Waals surface area contributed by atoms with Crippen LogP contribution in [0, 0.1) is 0 Å². The van der Waals surface area contributed by atoms with Crippen molar-refractivity contribution in [3.05, 3.63) is 16.3 Å². The van der Waals surface area contributed by atoms with Crippen LogP contribution in [0.4, 0.5) is 0 Å². The Hall–Kier alpha value is -0.430. The Bertz CT molecular complexity index is 382. The Kier molecular flexibility index (Phi) is 5.17. The summed E-state index contributed by atoms with van der Waals surface area (Å²) in [5.74, 6) is 0.711. The van der Waals surface area contributed by atoms with Gasteiger partial charge in [-0.2, -0.15) is 0 Å². The lowest BCUT2D eigenvalue weighted by molar-refractivity contribution is -0.205. The highest BCUT2D eigenvalue weighted by Gasteiger charge is 2.25. The molecule has 18 heavy (non-hydrogen) atoms. The number of ether oxygens (including phenoxy) is 2. The predicted molar refractivity (Wildman–Crippen MR) is 68.0 cm³/mol. The number of aliphatic hydroxyl groups excluding tert-OH is 1. The fraction of sp³-hybridized carbons (Fsp3) is 0.750. The number of hydrogen-bond acceptors (Lipinski definition) is 5. The smallest absolute Gasteiger partial charge is 0.196 e. The largest absolute Gasteiger partial charge is 0.434 e. The second-order valence-corrected chi connectivity index (χ2v) is 5.05. The highest BCUT2D eigenvalue weighted by molar-refractivity contribution is 9.10. The van der Waals surface area contributed by atoms with E-state index in [9.17, 15) is 5.11 Å². The van der Waals surface area contributed by atoms with E-state index in [1.54, 1.807) is 0 Å². The molecule has 1 aliphatic heterocycles. The molecule has 2 heterocycles. The maximum Gasteiger partial charge on any atom is 0.196 e. The Labute approximate surface area is 115 Å². The van der Waals surface area contributed by atoms with Crippen LogP contribution in [0.2, 0.25) is 0 Å². The molecule has 0 radical (unpaired) electrons. The first-order chi connectivity index (χ1) is 8.70. The lowest BCUT2D eigenvalue weighted by atomic mass is 10.1. The zero-order valence-corrected chi connectivity index (χ0v) is 12.0. The van der Waals surface area contributed by atoms with Gasteiger partial charge in [0.15, 0.2) is 16.9 Å². The van der Waals surface area contributed by atoms with Gasteiger partial charge in [0.05, 0.1) is 6.61 Å². The number of hydrogen-bond donors (Lipinski definition) is 1. The van der Waals surface area contributed by atoms with Crippen molar-refractivity contribution in [3.8, 4) is 0 Å². The summed E-state index contributed by atoms with van der Waals surface area (Å²) in [6.45, 7) is 2.98. The minimum Gasteiger partial charge on any atom is -0.434 e. The van der Waals surface area contributed by atoms with Gasteiger partial charge in [-0.25, -0.2) is 4.98 Å². The molecule has 102 valence electrons. The van der Waals surface area contributed by atoms with Crippen molar-refractivity contribution >= 4 is 15.9 Å². The van der Waals surface area contributed by atoms with Gasteiger partial charge in [-0.1, -0.05) is 6.92 Å². The molecule has 1 saturated heterocycles. The Balaban J connectivity index is 1.88. The molecule has 1 aliphatic rings. The van der Waals surface area contributed by atoms with Crippen LogP contribution in [0.1, 0.15) is 37.8 Å². The summed E-state index contributed by atoms with van der Waals surface area (Å²) >= 11 is 3.32. The maximum atomic E-state index is 9.60. The van der Waals surface area contributed by atoms with Crippen LogP contribution in [0.25, 0.3) is 0 Å². The van der Waals surface area contributed by atoms with Gasteiger partial charge in [-0.05, 0) is 35.2 Å². The quantitative estimate of drug-likeness (QED) is 0.902. The molecular weight excluding hydrogens is 302 g/mol. The summed E-state index contributed by atoms with van der Waals surface area (Å²) in [4.78, 5) is 4.35. The van der Waals surface area contributed by atoms with Crippen molar-refractivity contribution in [2.75, 3.05) is 6.61 Å². The Morgan fingerprint density at radius 2 is 2.39 bits per heavy atom. The molecule has 0 bridgehead atoms. The minimum atomic E-state index is -0.834. The summed E-state index contributed by atoms with van der Waals surface area (Å²) in [6.07, 6.45) is 2.40. The second kappa shape index (κ2) is 6.65. The summed E-state index contributed by atoms with van der Waals surface area (Å²) < 4.78 is 16.8. The summed E-state index contributed by atoms with van der Waals surface area (Å²) in [5.41, 5.74) is 0.733. The number of aliphatic hydroxyl groups is 1. The number of oxazole rings is 1. The number of halogens is 1. The van der Waals surface area contributed by atoms with E-state index in [1.807, 2.05) is 0 Å². The average molecular weight is 320 g/mol. The van der Waals surface area contributed by atoms with Gasteiger partial charge < -0.3 is 19.0 Å². The number of nitrogens with zero attached hydrogens (tertiary/aromatic N) is 1. The van der Waals surface area contributed by atoms with Crippen molar-refractivity contribution in [1.82, 2.24) is 4.98 Å². The van der Waals surface area contributed by atoms with E-state index >= 15 is 0 Å². The number of rotatable bonds is 5. The first-order valence-corrected chi connectivity index (χ1v) is 7.05. The lowest BCUT2D eigenvalue weighted by Crippen LogP contribution is -2.35. The molecule has 2 rings (SSSR count). The average Bonchev–Trinajstić information content (AvgIpc) is 2.69. The molecular formula is C12H18BrNO4. The number of aryl methyl sites for hydroxylation is 1. The van der Waals surface area contributed by atoms with Gasteiger partial charge in [-0.15, -0.1) is 0 Å². The summed E-state index contributed by atoms with van der Waals surface area (Å²) in [6, 6.07) is 0. The van der Waals surface area contributed by atoms with Crippen molar-refractivity contribution in [3.63, 3.8) is 0 Å². The first-order valence-electron chi connectivity index (χ1n) is 6.26. The molecule has 6 heteroatoms. The van der Waals surface area contributed by atoms with E-state index in [0.29, 0.717) is 23.8 Å². The molecule has 0 saturated carbocycles. The molecule has 2 unspecified atom stereocenters. The van der Waals surface area contributed by atoms with Crippen molar-refractivity contribution < 1.29 is 19.0 Å². The molecule has 1 aromatic rings. The normalized spacial score (nSPS) is 24.4. The summed E-state index contributed by atoms with van der Waals surface area (Å²) in [7, 11) is 0. The predicted octanol–water partition coefficient (Wildman–Crippen LogP) is 2.40. The van der Waals surface area contributed by atoms with Crippen LogP contribution in [0.3, 0.4) is 0 Å². The van der Waals surface area contributed by atoms with E-state index in [-0.39, 0.29) is 6.10 Å². The first kappa shape index (κ1) is 14.0. The minimum absolute atomic E-state index is 0.281. The highest BCUT2D eigenvalue weighted by Crippen LogP contribution is 2.22. The van der Waals surface area contributed by atoms with Gasteiger partial charge in [-0.3, -0.25) is 0 Å². The molecule has 0 aromatic carbocycles. The van der Waals surface area contributed by atoms with E-state index in [1.165, 1.54) is 0 Å². The standard InChI is InChI=1S/C12H18BrNO4/c1-2-4-10-14-8(11(13)18-10)7-17-9-5-3-6-16-12(9)15/h9,12,15H,2-7H2,1H3. The van der Waals surface area contributed by atoms with Crippen LogP contribution in [-0.2, 0) is 22.5 Å².